The molecule has 1 amide bonds. The molecule has 0 aliphatic carbocycles. The first kappa shape index (κ1) is 16.9. The predicted molar refractivity (Wildman–Crippen MR) is 84.3 cm³/mol. The SMILES string of the molecule is CCCc1noc([C@H](C)N[C@@H]2CCN(C(=O)CC)C[C@H]2C)n1. The van der Waals surface area contributed by atoms with E-state index in [2.05, 4.69) is 36.2 Å². The second-order valence-corrected chi connectivity index (χ2v) is 6.25. The van der Waals surface area contributed by atoms with Crippen LogP contribution in [-0.4, -0.2) is 40.1 Å². The topological polar surface area (TPSA) is 71.3 Å². The van der Waals surface area contributed by atoms with Crippen molar-refractivity contribution in [1.29, 1.82) is 0 Å². The van der Waals surface area contributed by atoms with Gasteiger partial charge in [0.05, 0.1) is 6.04 Å². The number of carbonyl (C=O) groups is 1. The molecule has 1 aromatic rings. The van der Waals surface area contributed by atoms with E-state index in [1.165, 1.54) is 0 Å². The van der Waals surface area contributed by atoms with Crippen molar-refractivity contribution >= 4 is 5.91 Å². The zero-order valence-corrected chi connectivity index (χ0v) is 14.1. The maximum Gasteiger partial charge on any atom is 0.243 e. The number of nitrogens with one attached hydrogen (secondary N) is 1. The van der Waals surface area contributed by atoms with Crippen LogP contribution >= 0.6 is 0 Å². The quantitative estimate of drug-likeness (QED) is 0.873. The average molecular weight is 308 g/mol. The number of nitrogens with zero attached hydrogens (tertiary/aromatic N) is 3. The lowest BCUT2D eigenvalue weighted by Crippen LogP contribution is -2.50. The Balaban J connectivity index is 1.89. The molecule has 6 nitrogen and oxygen atoms in total. The summed E-state index contributed by atoms with van der Waals surface area (Å²) in [5.74, 6) is 2.11. The van der Waals surface area contributed by atoms with Crippen molar-refractivity contribution in [3.05, 3.63) is 11.7 Å². The Kier molecular flexibility index (Phi) is 5.94. The predicted octanol–water partition coefficient (Wildman–Crippen LogP) is 2.32. The molecular formula is C16H28N4O2. The molecule has 1 aliphatic rings. The fraction of sp³-hybridized carbons (Fsp3) is 0.812. The monoisotopic (exact) mass is 308 g/mol. The normalized spacial score (nSPS) is 23.5. The van der Waals surface area contributed by atoms with E-state index in [1.54, 1.807) is 0 Å². The zero-order chi connectivity index (χ0) is 16.1. The number of likely N-dealkylation sites (tertiary alicyclic amines) is 1. The molecule has 0 aromatic carbocycles. The number of aromatic nitrogens is 2. The van der Waals surface area contributed by atoms with Gasteiger partial charge in [-0.05, 0) is 25.7 Å². The van der Waals surface area contributed by atoms with Gasteiger partial charge in [0.1, 0.15) is 0 Å². The summed E-state index contributed by atoms with van der Waals surface area (Å²) in [5.41, 5.74) is 0. The Labute approximate surface area is 132 Å². The summed E-state index contributed by atoms with van der Waals surface area (Å²) in [6.45, 7) is 9.91. The lowest BCUT2D eigenvalue weighted by molar-refractivity contribution is -0.132. The summed E-state index contributed by atoms with van der Waals surface area (Å²) in [6.07, 6.45) is 3.42. The van der Waals surface area contributed by atoms with Gasteiger partial charge in [-0.1, -0.05) is 25.9 Å². The van der Waals surface area contributed by atoms with Crippen molar-refractivity contribution in [2.45, 2.75) is 65.5 Å². The number of carbonyl (C=O) groups excluding carboxylic acids is 1. The fourth-order valence-electron chi connectivity index (χ4n) is 3.00. The van der Waals surface area contributed by atoms with Crippen LogP contribution in [0.5, 0.6) is 0 Å². The van der Waals surface area contributed by atoms with E-state index in [-0.39, 0.29) is 11.9 Å². The molecule has 1 aliphatic heterocycles. The minimum Gasteiger partial charge on any atom is -0.342 e. The molecule has 124 valence electrons. The van der Waals surface area contributed by atoms with Crippen LogP contribution in [0, 0.1) is 5.92 Å². The zero-order valence-electron chi connectivity index (χ0n) is 14.1. The molecule has 0 spiro atoms. The van der Waals surface area contributed by atoms with Gasteiger partial charge in [-0.25, -0.2) is 0 Å². The van der Waals surface area contributed by atoms with Crippen LogP contribution in [-0.2, 0) is 11.2 Å². The van der Waals surface area contributed by atoms with Gasteiger partial charge in [0.15, 0.2) is 5.82 Å². The van der Waals surface area contributed by atoms with Gasteiger partial charge in [0.25, 0.3) is 0 Å². The average Bonchev–Trinajstić information content (AvgIpc) is 2.97. The van der Waals surface area contributed by atoms with Crippen molar-refractivity contribution in [2.75, 3.05) is 13.1 Å². The lowest BCUT2D eigenvalue weighted by atomic mass is 9.93. The van der Waals surface area contributed by atoms with E-state index in [4.69, 9.17) is 4.52 Å². The van der Waals surface area contributed by atoms with Crippen LogP contribution in [0.1, 0.15) is 64.7 Å². The summed E-state index contributed by atoms with van der Waals surface area (Å²) in [6, 6.07) is 0.413. The number of rotatable bonds is 6. The number of piperidine rings is 1. The van der Waals surface area contributed by atoms with Gasteiger partial charge >= 0.3 is 0 Å². The van der Waals surface area contributed by atoms with Crippen LogP contribution in [0.2, 0.25) is 0 Å². The van der Waals surface area contributed by atoms with Crippen LogP contribution in [0.15, 0.2) is 4.52 Å². The summed E-state index contributed by atoms with van der Waals surface area (Å²) in [4.78, 5) is 18.2. The molecule has 3 atom stereocenters. The summed E-state index contributed by atoms with van der Waals surface area (Å²) >= 11 is 0. The van der Waals surface area contributed by atoms with Gasteiger partial charge in [0.2, 0.25) is 11.8 Å². The van der Waals surface area contributed by atoms with E-state index < -0.39 is 0 Å². The molecule has 6 heteroatoms. The van der Waals surface area contributed by atoms with Gasteiger partial charge in [-0.2, -0.15) is 4.98 Å². The van der Waals surface area contributed by atoms with E-state index in [0.717, 1.165) is 38.2 Å². The second-order valence-electron chi connectivity index (χ2n) is 6.25. The first-order valence-electron chi connectivity index (χ1n) is 8.41. The number of aryl methyl sites for hydroxylation is 1. The van der Waals surface area contributed by atoms with Crippen LogP contribution in [0.4, 0.5) is 0 Å². The van der Waals surface area contributed by atoms with Crippen molar-refractivity contribution < 1.29 is 9.32 Å². The Bertz CT molecular complexity index is 488. The Morgan fingerprint density at radius 2 is 2.27 bits per heavy atom. The standard InChI is InChI=1S/C16H28N4O2/c1-5-7-14-18-16(22-19-14)12(4)17-13-8-9-20(10-11(13)3)15(21)6-2/h11-13,17H,5-10H2,1-4H3/t11-,12+,13-/m1/s1. The van der Waals surface area contributed by atoms with Crippen LogP contribution in [0.25, 0.3) is 0 Å². The molecule has 2 rings (SSSR count). The highest BCUT2D eigenvalue weighted by Gasteiger charge is 2.29. The molecule has 22 heavy (non-hydrogen) atoms. The van der Waals surface area contributed by atoms with Gasteiger partial charge in [0, 0.05) is 32.0 Å². The fourth-order valence-corrected chi connectivity index (χ4v) is 3.00. The van der Waals surface area contributed by atoms with Gasteiger partial charge in [-0.15, -0.1) is 0 Å². The van der Waals surface area contributed by atoms with Crippen molar-refractivity contribution in [2.24, 2.45) is 5.92 Å². The maximum atomic E-state index is 11.8. The van der Waals surface area contributed by atoms with Crippen molar-refractivity contribution in [1.82, 2.24) is 20.4 Å². The molecule has 1 fully saturated rings. The summed E-state index contributed by atoms with van der Waals surface area (Å²) in [5, 5.41) is 7.59. The first-order valence-corrected chi connectivity index (χ1v) is 8.41. The molecule has 2 heterocycles. The van der Waals surface area contributed by atoms with Crippen LogP contribution in [0.3, 0.4) is 0 Å². The maximum absolute atomic E-state index is 11.8. The third-order valence-electron chi connectivity index (χ3n) is 4.35. The Hall–Kier alpha value is -1.43. The third kappa shape index (κ3) is 4.06. The minimum absolute atomic E-state index is 0.0407. The number of hydrogen-bond acceptors (Lipinski definition) is 5. The van der Waals surface area contributed by atoms with E-state index >= 15 is 0 Å². The smallest absolute Gasteiger partial charge is 0.243 e. The van der Waals surface area contributed by atoms with Crippen LogP contribution < -0.4 is 5.32 Å². The number of amides is 1. The number of hydrogen-bond donors (Lipinski definition) is 1. The summed E-state index contributed by atoms with van der Waals surface area (Å²) in [7, 11) is 0. The molecular weight excluding hydrogens is 280 g/mol. The first-order chi connectivity index (χ1) is 10.5. The van der Waals surface area contributed by atoms with Crippen molar-refractivity contribution in [3.8, 4) is 0 Å². The Morgan fingerprint density at radius 3 is 2.91 bits per heavy atom. The minimum atomic E-state index is 0.0407. The van der Waals surface area contributed by atoms with Gasteiger partial charge < -0.3 is 14.7 Å². The molecule has 1 aromatic heterocycles. The highest BCUT2D eigenvalue weighted by molar-refractivity contribution is 5.75. The summed E-state index contributed by atoms with van der Waals surface area (Å²) < 4.78 is 5.34. The molecule has 0 bridgehead atoms. The van der Waals surface area contributed by atoms with Crippen molar-refractivity contribution in [3.63, 3.8) is 0 Å². The molecule has 0 saturated carbocycles. The largest absolute Gasteiger partial charge is 0.342 e. The Morgan fingerprint density at radius 1 is 1.50 bits per heavy atom. The van der Waals surface area contributed by atoms with E-state index in [1.807, 2.05) is 11.8 Å². The molecule has 0 unspecified atom stereocenters. The van der Waals surface area contributed by atoms with E-state index in [9.17, 15) is 4.79 Å². The molecule has 0 radical (unpaired) electrons. The molecule has 1 N–H and O–H groups in total. The lowest BCUT2D eigenvalue weighted by Gasteiger charge is -2.38. The van der Waals surface area contributed by atoms with Gasteiger partial charge in [-0.3, -0.25) is 4.79 Å². The van der Waals surface area contributed by atoms with E-state index in [0.29, 0.717) is 24.3 Å². The molecule has 1 saturated heterocycles. The highest BCUT2D eigenvalue weighted by atomic mass is 16.5. The second kappa shape index (κ2) is 7.72. The third-order valence-corrected chi connectivity index (χ3v) is 4.35. The highest BCUT2D eigenvalue weighted by Crippen LogP contribution is 2.21.